The number of furan rings is 1. The number of nitrogens with one attached hydrogen (secondary N) is 1. The molecule has 1 N–H and O–H groups in total. The van der Waals surface area contributed by atoms with E-state index in [0.29, 0.717) is 5.92 Å². The van der Waals surface area contributed by atoms with E-state index in [4.69, 9.17) is 4.42 Å². The van der Waals surface area contributed by atoms with Gasteiger partial charge < -0.3 is 14.5 Å². The summed E-state index contributed by atoms with van der Waals surface area (Å²) in [5.74, 6) is 2.06. The van der Waals surface area contributed by atoms with Crippen LogP contribution in [0.4, 0.5) is 0 Å². The molecule has 0 radical (unpaired) electrons. The molecule has 0 spiro atoms. The standard InChI is InChI=1S/C14H21NO3/c1-4-7-15-13(10-8-9(10)2)11-5-6-12(18-11)14(16)17-3/h5-6,9-10,13,15H,4,7-8H2,1-3H3. The predicted molar refractivity (Wildman–Crippen MR) is 68.4 cm³/mol. The molecule has 4 heteroatoms. The minimum Gasteiger partial charge on any atom is -0.463 e. The monoisotopic (exact) mass is 251 g/mol. The predicted octanol–water partition coefficient (Wildman–Crippen LogP) is 2.76. The lowest BCUT2D eigenvalue weighted by molar-refractivity contribution is 0.0561. The number of hydrogen-bond acceptors (Lipinski definition) is 4. The van der Waals surface area contributed by atoms with Crippen molar-refractivity contribution in [1.29, 1.82) is 0 Å². The van der Waals surface area contributed by atoms with Gasteiger partial charge in [0.15, 0.2) is 0 Å². The van der Waals surface area contributed by atoms with Gasteiger partial charge in [0.2, 0.25) is 5.76 Å². The van der Waals surface area contributed by atoms with Gasteiger partial charge in [-0.15, -0.1) is 0 Å². The molecule has 3 unspecified atom stereocenters. The Morgan fingerprint density at radius 3 is 2.89 bits per heavy atom. The van der Waals surface area contributed by atoms with Crippen molar-refractivity contribution >= 4 is 5.97 Å². The SMILES string of the molecule is CCCNC(c1ccc(C(=O)OC)o1)C1CC1C. The first-order valence-electron chi connectivity index (χ1n) is 6.58. The Morgan fingerprint density at radius 1 is 1.61 bits per heavy atom. The van der Waals surface area contributed by atoms with Gasteiger partial charge in [0, 0.05) is 0 Å². The Morgan fingerprint density at radius 2 is 2.33 bits per heavy atom. The van der Waals surface area contributed by atoms with Crippen LogP contribution in [0.1, 0.15) is 49.0 Å². The van der Waals surface area contributed by atoms with Gasteiger partial charge in [0.1, 0.15) is 5.76 Å². The van der Waals surface area contributed by atoms with Gasteiger partial charge >= 0.3 is 5.97 Å². The van der Waals surface area contributed by atoms with Crippen molar-refractivity contribution in [1.82, 2.24) is 5.32 Å². The molecule has 1 fully saturated rings. The summed E-state index contributed by atoms with van der Waals surface area (Å²) in [6.07, 6.45) is 2.30. The molecule has 0 saturated heterocycles. The molecule has 1 aliphatic carbocycles. The first-order valence-corrected chi connectivity index (χ1v) is 6.58. The molecular weight excluding hydrogens is 230 g/mol. The van der Waals surface area contributed by atoms with Gasteiger partial charge in [-0.1, -0.05) is 13.8 Å². The second-order valence-corrected chi connectivity index (χ2v) is 5.00. The number of ether oxygens (including phenoxy) is 1. The van der Waals surface area contributed by atoms with Crippen LogP contribution in [-0.2, 0) is 4.74 Å². The van der Waals surface area contributed by atoms with Crippen LogP contribution in [0.25, 0.3) is 0 Å². The van der Waals surface area contributed by atoms with Crippen LogP contribution in [0.5, 0.6) is 0 Å². The lowest BCUT2D eigenvalue weighted by Gasteiger charge is -2.15. The number of carbonyl (C=O) groups excluding carboxylic acids is 1. The van der Waals surface area contributed by atoms with Crippen molar-refractivity contribution in [3.05, 3.63) is 23.7 Å². The second-order valence-electron chi connectivity index (χ2n) is 5.00. The van der Waals surface area contributed by atoms with Gasteiger partial charge in [-0.2, -0.15) is 0 Å². The number of hydrogen-bond donors (Lipinski definition) is 1. The molecule has 0 amide bonds. The number of methoxy groups -OCH3 is 1. The van der Waals surface area contributed by atoms with Gasteiger partial charge in [0.25, 0.3) is 0 Å². The van der Waals surface area contributed by atoms with Gasteiger partial charge in [-0.05, 0) is 43.4 Å². The average molecular weight is 251 g/mol. The molecule has 1 aromatic heterocycles. The zero-order chi connectivity index (χ0) is 13.1. The van der Waals surface area contributed by atoms with E-state index in [1.807, 2.05) is 6.07 Å². The van der Waals surface area contributed by atoms with Crippen LogP contribution < -0.4 is 5.32 Å². The smallest absolute Gasteiger partial charge is 0.373 e. The lowest BCUT2D eigenvalue weighted by Crippen LogP contribution is -2.24. The molecule has 18 heavy (non-hydrogen) atoms. The van der Waals surface area contributed by atoms with E-state index < -0.39 is 5.97 Å². The largest absolute Gasteiger partial charge is 0.463 e. The third kappa shape index (κ3) is 2.75. The average Bonchev–Trinajstić information content (AvgIpc) is 2.91. The third-order valence-corrected chi connectivity index (χ3v) is 3.53. The zero-order valence-electron chi connectivity index (χ0n) is 11.2. The molecule has 2 rings (SSSR count). The van der Waals surface area contributed by atoms with Crippen LogP contribution in [-0.4, -0.2) is 19.6 Å². The highest BCUT2D eigenvalue weighted by atomic mass is 16.5. The molecule has 1 saturated carbocycles. The van der Waals surface area contributed by atoms with Crippen molar-refractivity contribution in [3.8, 4) is 0 Å². The summed E-state index contributed by atoms with van der Waals surface area (Å²) in [4.78, 5) is 11.4. The summed E-state index contributed by atoms with van der Waals surface area (Å²) in [5.41, 5.74) is 0. The van der Waals surface area contributed by atoms with E-state index in [1.54, 1.807) is 6.07 Å². The van der Waals surface area contributed by atoms with Gasteiger partial charge in [-0.3, -0.25) is 0 Å². The zero-order valence-corrected chi connectivity index (χ0v) is 11.2. The van der Waals surface area contributed by atoms with Crippen molar-refractivity contribution in [2.45, 2.75) is 32.7 Å². The highest BCUT2D eigenvalue weighted by Gasteiger charge is 2.41. The lowest BCUT2D eigenvalue weighted by atomic mass is 10.1. The maximum atomic E-state index is 11.4. The Bertz CT molecular complexity index is 413. The van der Waals surface area contributed by atoms with E-state index in [2.05, 4.69) is 23.9 Å². The van der Waals surface area contributed by atoms with E-state index in [-0.39, 0.29) is 11.8 Å². The summed E-state index contributed by atoms with van der Waals surface area (Å²) < 4.78 is 10.3. The van der Waals surface area contributed by atoms with Gasteiger partial charge in [-0.25, -0.2) is 4.79 Å². The number of esters is 1. The second kappa shape index (κ2) is 5.57. The fourth-order valence-corrected chi connectivity index (χ4v) is 2.31. The molecule has 100 valence electrons. The van der Waals surface area contributed by atoms with Crippen LogP contribution in [0.15, 0.2) is 16.5 Å². The maximum Gasteiger partial charge on any atom is 0.373 e. The van der Waals surface area contributed by atoms with E-state index in [0.717, 1.165) is 24.6 Å². The van der Waals surface area contributed by atoms with E-state index in [9.17, 15) is 4.79 Å². The normalized spacial score (nSPS) is 23.7. The highest BCUT2D eigenvalue weighted by molar-refractivity contribution is 5.86. The summed E-state index contributed by atoms with van der Waals surface area (Å²) in [6, 6.07) is 3.79. The molecule has 4 nitrogen and oxygen atoms in total. The number of carbonyl (C=O) groups is 1. The molecule has 0 aliphatic heterocycles. The topological polar surface area (TPSA) is 51.5 Å². The van der Waals surface area contributed by atoms with Crippen LogP contribution in [0.2, 0.25) is 0 Å². The highest BCUT2D eigenvalue weighted by Crippen LogP contribution is 2.47. The van der Waals surface area contributed by atoms with Crippen molar-refractivity contribution in [2.24, 2.45) is 11.8 Å². The third-order valence-electron chi connectivity index (χ3n) is 3.53. The maximum absolute atomic E-state index is 11.4. The summed E-state index contributed by atoms with van der Waals surface area (Å²) in [7, 11) is 1.36. The fourth-order valence-electron chi connectivity index (χ4n) is 2.31. The fraction of sp³-hybridized carbons (Fsp3) is 0.643. The Labute approximate surface area is 108 Å². The van der Waals surface area contributed by atoms with Crippen LogP contribution in [0.3, 0.4) is 0 Å². The van der Waals surface area contributed by atoms with Crippen LogP contribution in [0, 0.1) is 11.8 Å². The summed E-state index contributed by atoms with van der Waals surface area (Å²) in [6.45, 7) is 5.35. The summed E-state index contributed by atoms with van der Waals surface area (Å²) in [5, 5.41) is 3.50. The first-order chi connectivity index (χ1) is 8.67. The molecule has 1 aromatic rings. The Hall–Kier alpha value is -1.29. The van der Waals surface area contributed by atoms with E-state index in [1.165, 1.54) is 13.5 Å². The number of rotatable bonds is 6. The molecule has 1 aliphatic rings. The summed E-state index contributed by atoms with van der Waals surface area (Å²) >= 11 is 0. The molecule has 0 aromatic carbocycles. The minimum absolute atomic E-state index is 0.221. The molecule has 1 heterocycles. The van der Waals surface area contributed by atoms with Crippen LogP contribution >= 0.6 is 0 Å². The van der Waals surface area contributed by atoms with Gasteiger partial charge in [0.05, 0.1) is 13.2 Å². The van der Waals surface area contributed by atoms with Crippen molar-refractivity contribution < 1.29 is 13.9 Å². The van der Waals surface area contributed by atoms with Crippen molar-refractivity contribution in [2.75, 3.05) is 13.7 Å². The Kier molecular flexibility index (Phi) is 4.07. The Balaban J connectivity index is 2.10. The molecule has 3 atom stereocenters. The molecular formula is C14H21NO3. The minimum atomic E-state index is -0.417. The first kappa shape index (κ1) is 13.1. The van der Waals surface area contributed by atoms with E-state index >= 15 is 0 Å². The van der Waals surface area contributed by atoms with Crippen molar-refractivity contribution in [3.63, 3.8) is 0 Å². The quantitative estimate of drug-likeness (QED) is 0.790. The molecule has 0 bridgehead atoms.